The Morgan fingerprint density at radius 1 is 1.33 bits per heavy atom. The van der Waals surface area contributed by atoms with E-state index in [4.69, 9.17) is 8.92 Å². The molecule has 1 amide bonds. The molecule has 1 rings (SSSR count). The van der Waals surface area contributed by atoms with E-state index in [9.17, 15) is 13.2 Å². The molecule has 0 radical (unpaired) electrons. The van der Waals surface area contributed by atoms with Crippen LogP contribution in [0.1, 0.15) is 47.0 Å². The first-order chi connectivity index (χ1) is 9.63. The number of ether oxygens (including phenoxy) is 1. The minimum Gasteiger partial charge on any atom is -0.444 e. The zero-order valence-corrected chi connectivity index (χ0v) is 14.0. The summed E-state index contributed by atoms with van der Waals surface area (Å²) in [6.07, 6.45) is 1.65. The predicted molar refractivity (Wildman–Crippen MR) is 79.1 cm³/mol. The molecular formula is C13H26N2O5S. The van der Waals surface area contributed by atoms with Crippen molar-refractivity contribution in [1.82, 2.24) is 10.2 Å². The fourth-order valence-electron chi connectivity index (χ4n) is 2.17. The van der Waals surface area contributed by atoms with Crippen LogP contribution in [0.15, 0.2) is 0 Å². The molecule has 0 saturated carbocycles. The number of carbonyl (C=O) groups is 1. The van der Waals surface area contributed by atoms with Crippen molar-refractivity contribution in [2.24, 2.45) is 0 Å². The molecular weight excluding hydrogens is 296 g/mol. The summed E-state index contributed by atoms with van der Waals surface area (Å²) in [5.41, 5.74) is -0.582. The van der Waals surface area contributed by atoms with Crippen molar-refractivity contribution in [3.8, 4) is 0 Å². The molecule has 1 fully saturated rings. The largest absolute Gasteiger partial charge is 0.444 e. The van der Waals surface area contributed by atoms with Gasteiger partial charge in [0.05, 0.1) is 12.8 Å². The highest BCUT2D eigenvalue weighted by Crippen LogP contribution is 2.17. The number of alkyl carbamates (subject to hydrolysis) is 1. The molecule has 0 unspecified atom stereocenters. The number of likely N-dealkylation sites (tertiary alicyclic amines) is 1. The van der Waals surface area contributed by atoms with Crippen LogP contribution >= 0.6 is 0 Å². The molecule has 1 saturated heterocycles. The predicted octanol–water partition coefficient (Wildman–Crippen LogP) is 1.65. The highest BCUT2D eigenvalue weighted by molar-refractivity contribution is 7.86. The van der Waals surface area contributed by atoms with E-state index < -0.39 is 21.8 Å². The molecule has 0 aromatic heterocycles. The second kappa shape index (κ2) is 7.42. The van der Waals surface area contributed by atoms with E-state index in [0.717, 1.165) is 12.8 Å². The first kappa shape index (κ1) is 18.2. The molecule has 1 heterocycles. The fourth-order valence-corrected chi connectivity index (χ4v) is 3.32. The van der Waals surface area contributed by atoms with E-state index in [1.165, 1.54) is 0 Å². The molecule has 0 aliphatic carbocycles. The maximum absolute atomic E-state index is 11.8. The first-order valence-corrected chi connectivity index (χ1v) is 8.81. The van der Waals surface area contributed by atoms with E-state index >= 15 is 0 Å². The van der Waals surface area contributed by atoms with Crippen LogP contribution in [0.4, 0.5) is 4.79 Å². The van der Waals surface area contributed by atoms with Crippen molar-refractivity contribution in [2.45, 2.75) is 58.7 Å². The van der Waals surface area contributed by atoms with Crippen LogP contribution in [-0.2, 0) is 19.0 Å². The third-order valence-corrected chi connectivity index (χ3v) is 4.16. The monoisotopic (exact) mass is 322 g/mol. The third kappa shape index (κ3) is 7.10. The van der Waals surface area contributed by atoms with Gasteiger partial charge in [-0.25, -0.2) is 4.79 Å². The molecule has 7 nitrogen and oxygen atoms in total. The summed E-state index contributed by atoms with van der Waals surface area (Å²) in [7, 11) is -3.60. The van der Waals surface area contributed by atoms with E-state index in [-0.39, 0.29) is 18.6 Å². The lowest BCUT2D eigenvalue weighted by Gasteiger charge is -2.35. The van der Waals surface area contributed by atoms with Crippen molar-refractivity contribution < 1.29 is 22.1 Å². The van der Waals surface area contributed by atoms with E-state index in [1.54, 1.807) is 32.6 Å². The molecule has 0 bridgehead atoms. The molecule has 124 valence electrons. The van der Waals surface area contributed by atoms with Crippen molar-refractivity contribution >= 4 is 16.2 Å². The number of amides is 1. The Kier molecular flexibility index (Phi) is 6.42. The highest BCUT2D eigenvalue weighted by atomic mass is 32.2. The lowest BCUT2D eigenvalue weighted by Crippen LogP contribution is -2.53. The molecule has 0 spiro atoms. The van der Waals surface area contributed by atoms with Gasteiger partial charge in [0.1, 0.15) is 11.5 Å². The van der Waals surface area contributed by atoms with Gasteiger partial charge in [0.25, 0.3) is 10.1 Å². The first-order valence-electron chi connectivity index (χ1n) is 7.23. The molecule has 0 aromatic rings. The van der Waals surface area contributed by atoms with Crippen molar-refractivity contribution in [3.05, 3.63) is 0 Å². The maximum atomic E-state index is 11.8. The van der Waals surface area contributed by atoms with Crippen LogP contribution in [0.5, 0.6) is 0 Å². The topological polar surface area (TPSA) is 84.9 Å². The van der Waals surface area contributed by atoms with Crippen LogP contribution in [0.25, 0.3) is 0 Å². The van der Waals surface area contributed by atoms with E-state index in [2.05, 4.69) is 5.32 Å². The summed E-state index contributed by atoms with van der Waals surface area (Å²) in [4.78, 5) is 13.5. The highest BCUT2D eigenvalue weighted by Gasteiger charge is 2.29. The molecule has 1 aliphatic heterocycles. The van der Waals surface area contributed by atoms with Gasteiger partial charge in [-0.3, -0.25) is 9.08 Å². The SMILES string of the molecule is CCOS(=O)(=O)CN1CCCC[C@@H]1NC(=O)OC(C)(C)C. The Morgan fingerprint density at radius 2 is 2.00 bits per heavy atom. The second-order valence-electron chi connectivity index (χ2n) is 6.06. The van der Waals surface area contributed by atoms with Crippen molar-refractivity contribution in [2.75, 3.05) is 19.0 Å². The van der Waals surface area contributed by atoms with Crippen LogP contribution < -0.4 is 5.32 Å². The zero-order valence-electron chi connectivity index (χ0n) is 13.2. The quantitative estimate of drug-likeness (QED) is 0.775. The second-order valence-corrected chi connectivity index (χ2v) is 7.67. The van der Waals surface area contributed by atoms with E-state index in [1.807, 2.05) is 0 Å². The zero-order chi connectivity index (χ0) is 16.1. The smallest absolute Gasteiger partial charge is 0.408 e. The summed E-state index contributed by atoms with van der Waals surface area (Å²) in [6, 6.07) is 0. The van der Waals surface area contributed by atoms with Crippen LogP contribution in [0.3, 0.4) is 0 Å². The third-order valence-electron chi connectivity index (χ3n) is 2.92. The fraction of sp³-hybridized carbons (Fsp3) is 0.923. The van der Waals surface area contributed by atoms with Gasteiger partial charge < -0.3 is 10.1 Å². The lowest BCUT2D eigenvalue weighted by atomic mass is 10.1. The number of hydrogen-bond donors (Lipinski definition) is 1. The van der Waals surface area contributed by atoms with Crippen LogP contribution in [0, 0.1) is 0 Å². The summed E-state index contributed by atoms with van der Waals surface area (Å²) in [5.74, 6) is -0.221. The minimum absolute atomic E-state index is 0.111. The van der Waals surface area contributed by atoms with Crippen molar-refractivity contribution in [1.29, 1.82) is 0 Å². The summed E-state index contributed by atoms with van der Waals surface area (Å²) < 4.78 is 33.5. The Bertz CT molecular complexity index is 444. The Morgan fingerprint density at radius 3 is 2.57 bits per heavy atom. The van der Waals surface area contributed by atoms with Gasteiger partial charge >= 0.3 is 6.09 Å². The van der Waals surface area contributed by atoms with Crippen molar-refractivity contribution in [3.63, 3.8) is 0 Å². The average molecular weight is 322 g/mol. The number of rotatable bonds is 5. The molecule has 1 N–H and O–H groups in total. The standard InChI is InChI=1S/C13H26N2O5S/c1-5-19-21(17,18)10-15-9-7-6-8-11(15)14-12(16)20-13(2,3)4/h11H,5-10H2,1-4H3,(H,14,16)/t11-/m1/s1. The molecule has 1 atom stereocenters. The maximum Gasteiger partial charge on any atom is 0.408 e. The average Bonchev–Trinajstić information content (AvgIpc) is 2.28. The molecule has 21 heavy (non-hydrogen) atoms. The minimum atomic E-state index is -3.60. The van der Waals surface area contributed by atoms with Gasteiger partial charge in [0.2, 0.25) is 0 Å². The molecule has 0 aromatic carbocycles. The Labute approximate surface area is 127 Å². The number of nitrogens with one attached hydrogen (secondary N) is 1. The summed E-state index contributed by atoms with van der Waals surface area (Å²) in [5, 5.41) is 2.73. The molecule has 8 heteroatoms. The lowest BCUT2D eigenvalue weighted by molar-refractivity contribution is 0.0386. The van der Waals surface area contributed by atoms with Gasteiger partial charge in [0, 0.05) is 6.54 Å². The summed E-state index contributed by atoms with van der Waals surface area (Å²) in [6.45, 7) is 7.69. The van der Waals surface area contributed by atoms with Gasteiger partial charge in [0.15, 0.2) is 0 Å². The van der Waals surface area contributed by atoms with Gasteiger partial charge in [-0.2, -0.15) is 8.42 Å². The van der Waals surface area contributed by atoms with Crippen LogP contribution in [-0.4, -0.2) is 50.2 Å². The summed E-state index contributed by atoms with van der Waals surface area (Å²) >= 11 is 0. The van der Waals surface area contributed by atoms with Crippen LogP contribution in [0.2, 0.25) is 0 Å². The Hall–Kier alpha value is -0.860. The number of piperidine rings is 1. The van der Waals surface area contributed by atoms with Gasteiger partial charge in [-0.15, -0.1) is 0 Å². The molecule has 1 aliphatic rings. The number of nitrogens with zero attached hydrogens (tertiary/aromatic N) is 1. The Balaban J connectivity index is 2.63. The van der Waals surface area contributed by atoms with Gasteiger partial charge in [-0.1, -0.05) is 0 Å². The number of hydrogen-bond acceptors (Lipinski definition) is 6. The van der Waals surface area contributed by atoms with E-state index in [0.29, 0.717) is 13.0 Å². The number of carbonyl (C=O) groups excluding carboxylic acids is 1. The normalized spacial score (nSPS) is 21.0. The van der Waals surface area contributed by atoms with Gasteiger partial charge in [-0.05, 0) is 47.0 Å².